The van der Waals surface area contributed by atoms with Crippen LogP contribution >= 0.6 is 0 Å². The van der Waals surface area contributed by atoms with Crippen molar-refractivity contribution in [1.29, 1.82) is 0 Å². The zero-order chi connectivity index (χ0) is 37.7. The van der Waals surface area contributed by atoms with Crippen molar-refractivity contribution in [2.24, 2.45) is 0 Å². The van der Waals surface area contributed by atoms with E-state index in [0.717, 1.165) is 37.2 Å². The van der Waals surface area contributed by atoms with Gasteiger partial charge in [-0.2, -0.15) is 0 Å². The molecule has 0 aliphatic heterocycles. The highest BCUT2D eigenvalue weighted by Crippen LogP contribution is 2.23. The van der Waals surface area contributed by atoms with E-state index < -0.39 is 30.6 Å². The first-order chi connectivity index (χ1) is 25.7. The molecule has 12 heteroatoms. The fourth-order valence-corrected chi connectivity index (χ4v) is 6.08. The number of benzene rings is 2. The molecular weight excluding hydrogens is 680 g/mol. The molecule has 2 aromatic carbocycles. The zero-order valence-electron chi connectivity index (χ0n) is 32.2. The lowest BCUT2D eigenvalue weighted by Crippen LogP contribution is -2.40. The average Bonchev–Trinajstić information content (AvgIpc) is 3.87. The third-order valence-electron chi connectivity index (χ3n) is 8.93. The number of carbonyl (C=O) groups is 2. The van der Waals surface area contributed by atoms with Gasteiger partial charge in [-0.1, -0.05) is 53.4 Å². The topological polar surface area (TPSA) is 132 Å². The van der Waals surface area contributed by atoms with E-state index >= 15 is 0 Å². The number of hydrogen-bond donors (Lipinski definition) is 2. The Morgan fingerprint density at radius 2 is 0.887 bits per heavy atom. The first kappa shape index (κ1) is 42.2. The highest BCUT2D eigenvalue weighted by atomic mass is 16.6. The summed E-state index contributed by atoms with van der Waals surface area (Å²) in [5.74, 6) is 1.27. The van der Waals surface area contributed by atoms with Crippen molar-refractivity contribution in [2.75, 3.05) is 52.7 Å². The molecule has 0 bridgehead atoms. The largest absolute Gasteiger partial charge is 0.491 e. The van der Waals surface area contributed by atoms with Gasteiger partial charge in [-0.15, -0.1) is 0 Å². The van der Waals surface area contributed by atoms with Crippen LogP contribution in [0.5, 0.6) is 23.0 Å². The summed E-state index contributed by atoms with van der Waals surface area (Å²) in [5.41, 5.74) is 0. The van der Waals surface area contributed by atoms with Gasteiger partial charge in [0.1, 0.15) is 68.1 Å². The second-order valence-corrected chi connectivity index (χ2v) is 14.3. The molecule has 2 aromatic rings. The van der Waals surface area contributed by atoms with Crippen LogP contribution in [0.2, 0.25) is 0 Å². The van der Waals surface area contributed by atoms with Gasteiger partial charge >= 0.3 is 11.9 Å². The number of ether oxygens (including phenoxy) is 8. The van der Waals surface area contributed by atoms with Gasteiger partial charge in [0.05, 0.1) is 25.4 Å². The van der Waals surface area contributed by atoms with Crippen molar-refractivity contribution < 1.29 is 47.5 Å². The minimum Gasteiger partial charge on any atom is -0.491 e. The number of esters is 2. The van der Waals surface area contributed by atoms with Gasteiger partial charge in [-0.3, -0.25) is 9.59 Å². The van der Waals surface area contributed by atoms with Crippen LogP contribution in [0.3, 0.4) is 0 Å². The third-order valence-corrected chi connectivity index (χ3v) is 8.93. The summed E-state index contributed by atoms with van der Waals surface area (Å²) in [7, 11) is 0. The van der Waals surface area contributed by atoms with E-state index in [9.17, 15) is 9.59 Å². The first-order valence-corrected chi connectivity index (χ1v) is 19.5. The minimum atomic E-state index is -0.696. The van der Waals surface area contributed by atoms with Crippen LogP contribution in [-0.2, 0) is 28.5 Å². The maximum absolute atomic E-state index is 12.9. The Morgan fingerprint density at radius 1 is 0.547 bits per heavy atom. The zero-order valence-corrected chi connectivity index (χ0v) is 32.2. The van der Waals surface area contributed by atoms with E-state index in [1.165, 1.54) is 25.7 Å². The van der Waals surface area contributed by atoms with Gasteiger partial charge < -0.3 is 48.5 Å². The van der Waals surface area contributed by atoms with Gasteiger partial charge in [-0.05, 0) is 74.2 Å². The molecule has 2 N–H and O–H groups in total. The normalized spacial score (nSPS) is 16.1. The molecule has 0 spiro atoms. The van der Waals surface area contributed by atoms with Crippen LogP contribution in [0.1, 0.15) is 85.5 Å². The van der Waals surface area contributed by atoms with Crippen LogP contribution < -0.4 is 29.6 Å². The smallest absolute Gasteiger partial charge is 0.317 e. The molecule has 12 nitrogen and oxygen atoms in total. The molecule has 2 aliphatic carbocycles. The molecule has 0 aromatic heterocycles. The van der Waals surface area contributed by atoms with Crippen LogP contribution in [0, 0.1) is 0 Å². The number of carbonyl (C=O) groups excluding carboxylic acids is 2. The first-order valence-electron chi connectivity index (χ1n) is 19.5. The van der Waals surface area contributed by atoms with Gasteiger partial charge in [0.15, 0.2) is 0 Å². The highest BCUT2D eigenvalue weighted by Gasteiger charge is 2.23. The summed E-state index contributed by atoms with van der Waals surface area (Å²) >= 11 is 0. The van der Waals surface area contributed by atoms with Crippen LogP contribution in [-0.4, -0.2) is 101 Å². The summed E-state index contributed by atoms with van der Waals surface area (Å²) in [6, 6.07) is 14.9. The summed E-state index contributed by atoms with van der Waals surface area (Å²) in [5, 5.41) is 6.55. The van der Waals surface area contributed by atoms with Gasteiger partial charge in [-0.25, -0.2) is 0 Å². The fraction of sp³-hybridized carbons (Fsp3) is 0.659. The SMILES string of the molecule is CC(C)NCC(COc1ccc(OCCOC2CCCC2)cc1)OC(=O)CC(=O)OC(CNC(C)C)COc1ccc(OCCOC2CCCC2)cc1. The van der Waals surface area contributed by atoms with Crippen molar-refractivity contribution in [3.05, 3.63) is 48.5 Å². The number of nitrogens with one attached hydrogen (secondary N) is 2. The van der Waals surface area contributed by atoms with E-state index in [4.69, 9.17) is 37.9 Å². The predicted octanol–water partition coefficient (Wildman–Crippen LogP) is 6.03. The van der Waals surface area contributed by atoms with E-state index in [-0.39, 0.29) is 25.3 Å². The lowest BCUT2D eigenvalue weighted by molar-refractivity contribution is -0.161. The molecular formula is C41H62N2O10. The summed E-state index contributed by atoms with van der Waals surface area (Å²) in [4.78, 5) is 25.8. The Balaban J connectivity index is 1.18. The van der Waals surface area contributed by atoms with Gasteiger partial charge in [0.25, 0.3) is 0 Å². The quantitative estimate of drug-likeness (QED) is 0.0663. The van der Waals surface area contributed by atoms with Crippen molar-refractivity contribution in [3.63, 3.8) is 0 Å². The Kier molecular flexibility index (Phi) is 19.1. The van der Waals surface area contributed by atoms with Crippen molar-refractivity contribution in [2.45, 2.75) is 122 Å². The van der Waals surface area contributed by atoms with E-state index in [1.54, 1.807) is 0 Å². The molecule has 0 heterocycles. The summed E-state index contributed by atoms with van der Waals surface area (Å²) in [6.07, 6.45) is 8.43. The van der Waals surface area contributed by atoms with Crippen molar-refractivity contribution >= 4 is 11.9 Å². The predicted molar refractivity (Wildman–Crippen MR) is 202 cm³/mol. The molecule has 2 unspecified atom stereocenters. The summed E-state index contributed by atoms with van der Waals surface area (Å²) in [6.45, 7) is 11.0. The molecule has 2 atom stereocenters. The maximum atomic E-state index is 12.9. The standard InChI is InChI=1S/C41H62N2O10/c1-30(2)42-26-38(28-50-36-17-13-34(14-18-36)48-23-21-46-32-9-5-6-10-32)52-40(44)25-41(45)53-39(27-43-31(3)4)29-51-37-19-15-35(16-20-37)49-24-22-47-33-11-7-8-12-33/h13-20,30-33,38-39,42-43H,5-12,21-29H2,1-4H3. The summed E-state index contributed by atoms with van der Waals surface area (Å²) < 4.78 is 46.6. The Bertz CT molecular complexity index is 1200. The number of hydrogen-bond acceptors (Lipinski definition) is 12. The van der Waals surface area contributed by atoms with E-state index in [0.29, 0.717) is 63.2 Å². The van der Waals surface area contributed by atoms with Gasteiger partial charge in [0, 0.05) is 25.2 Å². The molecule has 0 radical (unpaired) electrons. The third kappa shape index (κ3) is 17.9. The van der Waals surface area contributed by atoms with E-state index in [2.05, 4.69) is 10.6 Å². The van der Waals surface area contributed by atoms with Crippen molar-refractivity contribution in [1.82, 2.24) is 10.6 Å². The van der Waals surface area contributed by atoms with E-state index in [1.807, 2.05) is 76.2 Å². The van der Waals surface area contributed by atoms with Crippen LogP contribution in [0.4, 0.5) is 0 Å². The highest BCUT2D eigenvalue weighted by molar-refractivity contribution is 5.91. The van der Waals surface area contributed by atoms with Crippen LogP contribution in [0.15, 0.2) is 48.5 Å². The monoisotopic (exact) mass is 742 g/mol. The molecule has 2 aliphatic rings. The number of rotatable bonds is 26. The maximum Gasteiger partial charge on any atom is 0.317 e. The average molecular weight is 743 g/mol. The molecule has 0 amide bonds. The molecule has 0 saturated heterocycles. The molecule has 53 heavy (non-hydrogen) atoms. The molecule has 2 fully saturated rings. The second-order valence-electron chi connectivity index (χ2n) is 14.3. The Morgan fingerprint density at radius 3 is 1.23 bits per heavy atom. The molecule has 2 saturated carbocycles. The molecule has 296 valence electrons. The Hall–Kier alpha value is -3.58. The lowest BCUT2D eigenvalue weighted by atomic mass is 10.3. The Labute approximate surface area is 315 Å². The van der Waals surface area contributed by atoms with Gasteiger partial charge in [0.2, 0.25) is 0 Å². The van der Waals surface area contributed by atoms with Crippen LogP contribution in [0.25, 0.3) is 0 Å². The molecule has 4 rings (SSSR count). The minimum absolute atomic E-state index is 0.1000. The lowest BCUT2D eigenvalue weighted by Gasteiger charge is -2.22. The van der Waals surface area contributed by atoms with Crippen molar-refractivity contribution in [3.8, 4) is 23.0 Å². The second kappa shape index (κ2) is 24.0. The fourth-order valence-electron chi connectivity index (χ4n) is 6.08.